The molecule has 0 spiro atoms. The molecule has 1 atom stereocenters. The summed E-state index contributed by atoms with van der Waals surface area (Å²) in [6, 6.07) is 27.2. The van der Waals surface area contributed by atoms with Crippen LogP contribution in [0.1, 0.15) is 37.0 Å². The van der Waals surface area contributed by atoms with E-state index < -0.39 is 6.04 Å². The highest BCUT2D eigenvalue weighted by atomic mass is 79.9. The highest BCUT2D eigenvalue weighted by Crippen LogP contribution is 2.19. The standard InChI is InChI=1S/C29H33BrN2O2/c1-22(2)20-31-29(34)27(19-24-12-7-4-8-13-24)32(21-25-14-9-15-26(30)18-25)28(33)17-16-23-10-5-3-6-11-23/h3-15,18,22,27H,16-17,19-21H2,1-2H3,(H,31,34)/t27-/m1/s1. The maximum Gasteiger partial charge on any atom is 0.243 e. The number of nitrogens with one attached hydrogen (secondary N) is 1. The number of nitrogens with zero attached hydrogens (tertiary/aromatic N) is 1. The number of carbonyl (C=O) groups is 2. The van der Waals surface area contributed by atoms with Crippen LogP contribution in [0.4, 0.5) is 0 Å². The van der Waals surface area contributed by atoms with Gasteiger partial charge in [0.25, 0.3) is 0 Å². The fraction of sp³-hybridized carbons (Fsp3) is 0.310. The van der Waals surface area contributed by atoms with Crippen LogP contribution in [0.15, 0.2) is 89.4 Å². The van der Waals surface area contributed by atoms with Gasteiger partial charge in [0.15, 0.2) is 0 Å². The van der Waals surface area contributed by atoms with Gasteiger partial charge in [-0.1, -0.05) is 103 Å². The van der Waals surface area contributed by atoms with Crippen molar-refractivity contribution in [3.05, 3.63) is 106 Å². The highest BCUT2D eigenvalue weighted by molar-refractivity contribution is 9.10. The molecule has 1 N–H and O–H groups in total. The second kappa shape index (κ2) is 13.1. The Labute approximate surface area is 211 Å². The van der Waals surface area contributed by atoms with Crippen LogP contribution in [0.2, 0.25) is 0 Å². The van der Waals surface area contributed by atoms with Crippen LogP contribution in [0.5, 0.6) is 0 Å². The predicted octanol–water partition coefficient (Wildman–Crippen LogP) is 5.79. The van der Waals surface area contributed by atoms with Crippen molar-refractivity contribution in [2.45, 2.75) is 45.7 Å². The molecule has 5 heteroatoms. The van der Waals surface area contributed by atoms with Crippen LogP contribution in [-0.2, 0) is 29.0 Å². The molecular formula is C29H33BrN2O2. The number of amides is 2. The van der Waals surface area contributed by atoms with Crippen LogP contribution in [0, 0.1) is 5.92 Å². The van der Waals surface area contributed by atoms with Crippen LogP contribution in [-0.4, -0.2) is 29.3 Å². The van der Waals surface area contributed by atoms with E-state index in [9.17, 15) is 9.59 Å². The molecule has 0 heterocycles. The third kappa shape index (κ3) is 8.14. The first-order valence-electron chi connectivity index (χ1n) is 11.8. The Morgan fingerprint density at radius 1 is 0.853 bits per heavy atom. The molecular weight excluding hydrogens is 488 g/mol. The van der Waals surface area contributed by atoms with Gasteiger partial charge in [0.05, 0.1) is 0 Å². The van der Waals surface area contributed by atoms with E-state index in [1.807, 2.05) is 84.9 Å². The summed E-state index contributed by atoms with van der Waals surface area (Å²) in [6.07, 6.45) is 1.46. The minimum absolute atomic E-state index is 0.0237. The summed E-state index contributed by atoms with van der Waals surface area (Å²) in [7, 11) is 0. The smallest absolute Gasteiger partial charge is 0.243 e. The van der Waals surface area contributed by atoms with E-state index in [1.165, 1.54) is 0 Å². The summed E-state index contributed by atoms with van der Waals surface area (Å²) in [5.74, 6) is 0.193. The highest BCUT2D eigenvalue weighted by Gasteiger charge is 2.30. The molecule has 0 fully saturated rings. The Kier molecular flexibility index (Phi) is 9.89. The number of benzene rings is 3. The normalized spacial score (nSPS) is 11.8. The Morgan fingerprint density at radius 2 is 1.47 bits per heavy atom. The molecule has 34 heavy (non-hydrogen) atoms. The summed E-state index contributed by atoms with van der Waals surface area (Å²) in [5.41, 5.74) is 3.13. The summed E-state index contributed by atoms with van der Waals surface area (Å²) < 4.78 is 0.950. The Morgan fingerprint density at radius 3 is 2.09 bits per heavy atom. The molecule has 0 bridgehead atoms. The quantitative estimate of drug-likeness (QED) is 0.347. The largest absolute Gasteiger partial charge is 0.354 e. The third-order valence-corrected chi connectivity index (χ3v) is 6.16. The van der Waals surface area contributed by atoms with E-state index in [2.05, 4.69) is 35.1 Å². The second-order valence-electron chi connectivity index (χ2n) is 8.98. The van der Waals surface area contributed by atoms with Gasteiger partial charge in [-0.15, -0.1) is 0 Å². The molecule has 0 aliphatic rings. The van der Waals surface area contributed by atoms with Gasteiger partial charge in [0.1, 0.15) is 6.04 Å². The molecule has 3 aromatic carbocycles. The molecule has 0 radical (unpaired) electrons. The van der Waals surface area contributed by atoms with Gasteiger partial charge in [0, 0.05) is 30.4 Å². The average Bonchev–Trinajstić information content (AvgIpc) is 2.84. The van der Waals surface area contributed by atoms with Crippen molar-refractivity contribution in [3.63, 3.8) is 0 Å². The van der Waals surface area contributed by atoms with E-state index in [1.54, 1.807) is 4.90 Å². The fourth-order valence-corrected chi connectivity index (χ4v) is 4.29. The van der Waals surface area contributed by atoms with Crippen LogP contribution >= 0.6 is 15.9 Å². The van der Waals surface area contributed by atoms with Crippen molar-refractivity contribution in [1.29, 1.82) is 0 Å². The van der Waals surface area contributed by atoms with Gasteiger partial charge in [-0.2, -0.15) is 0 Å². The zero-order chi connectivity index (χ0) is 24.3. The lowest BCUT2D eigenvalue weighted by Gasteiger charge is -2.32. The molecule has 0 saturated carbocycles. The minimum atomic E-state index is -0.594. The van der Waals surface area contributed by atoms with Crippen molar-refractivity contribution in [2.24, 2.45) is 5.92 Å². The van der Waals surface area contributed by atoms with Gasteiger partial charge in [-0.05, 0) is 41.2 Å². The van der Waals surface area contributed by atoms with Gasteiger partial charge < -0.3 is 10.2 Å². The monoisotopic (exact) mass is 520 g/mol. The van der Waals surface area contributed by atoms with Crippen LogP contribution < -0.4 is 5.32 Å². The number of rotatable bonds is 11. The molecule has 4 nitrogen and oxygen atoms in total. The molecule has 178 valence electrons. The van der Waals surface area contributed by atoms with Crippen molar-refractivity contribution in [2.75, 3.05) is 6.54 Å². The first-order valence-corrected chi connectivity index (χ1v) is 12.6. The Hall–Kier alpha value is -2.92. The SMILES string of the molecule is CC(C)CNC(=O)[C@@H](Cc1ccccc1)N(Cc1cccc(Br)c1)C(=O)CCc1ccccc1. The van der Waals surface area contributed by atoms with Gasteiger partial charge >= 0.3 is 0 Å². The lowest BCUT2D eigenvalue weighted by Crippen LogP contribution is -2.51. The van der Waals surface area contributed by atoms with Crippen molar-refractivity contribution < 1.29 is 9.59 Å². The Balaban J connectivity index is 1.89. The molecule has 0 aliphatic heterocycles. The maximum atomic E-state index is 13.6. The lowest BCUT2D eigenvalue weighted by molar-refractivity contribution is -0.141. The molecule has 0 unspecified atom stereocenters. The lowest BCUT2D eigenvalue weighted by atomic mass is 10.0. The number of hydrogen-bond acceptors (Lipinski definition) is 2. The van der Waals surface area contributed by atoms with Gasteiger partial charge in [0.2, 0.25) is 11.8 Å². The van der Waals surface area contributed by atoms with E-state index in [0.717, 1.165) is 21.2 Å². The van der Waals surface area contributed by atoms with E-state index in [0.29, 0.717) is 38.3 Å². The van der Waals surface area contributed by atoms with Gasteiger partial charge in [-0.3, -0.25) is 9.59 Å². The number of halogens is 1. The zero-order valence-corrected chi connectivity index (χ0v) is 21.5. The van der Waals surface area contributed by atoms with Crippen LogP contribution in [0.3, 0.4) is 0 Å². The second-order valence-corrected chi connectivity index (χ2v) is 9.90. The maximum absolute atomic E-state index is 13.6. The number of hydrogen-bond donors (Lipinski definition) is 1. The molecule has 3 rings (SSSR count). The molecule has 0 saturated heterocycles. The third-order valence-electron chi connectivity index (χ3n) is 5.67. The topological polar surface area (TPSA) is 49.4 Å². The van der Waals surface area contributed by atoms with E-state index in [4.69, 9.17) is 0 Å². The first kappa shape index (κ1) is 25.7. The number of aryl methyl sites for hydroxylation is 1. The predicted molar refractivity (Wildman–Crippen MR) is 141 cm³/mol. The molecule has 2 amide bonds. The van der Waals surface area contributed by atoms with Crippen LogP contribution in [0.25, 0.3) is 0 Å². The summed E-state index contributed by atoms with van der Waals surface area (Å²) in [5, 5.41) is 3.07. The molecule has 0 aromatic heterocycles. The van der Waals surface area contributed by atoms with E-state index in [-0.39, 0.29) is 11.8 Å². The molecule has 3 aromatic rings. The number of carbonyl (C=O) groups excluding carboxylic acids is 2. The zero-order valence-electron chi connectivity index (χ0n) is 19.9. The summed E-state index contributed by atoms with van der Waals surface area (Å²) in [4.78, 5) is 28.8. The minimum Gasteiger partial charge on any atom is -0.354 e. The summed E-state index contributed by atoms with van der Waals surface area (Å²) in [6.45, 7) is 5.08. The van der Waals surface area contributed by atoms with Crippen molar-refractivity contribution >= 4 is 27.7 Å². The molecule has 0 aliphatic carbocycles. The summed E-state index contributed by atoms with van der Waals surface area (Å²) >= 11 is 3.53. The fourth-order valence-electron chi connectivity index (χ4n) is 3.85. The van der Waals surface area contributed by atoms with E-state index >= 15 is 0 Å². The average molecular weight is 521 g/mol. The van der Waals surface area contributed by atoms with Gasteiger partial charge in [-0.25, -0.2) is 0 Å². The first-order chi connectivity index (χ1) is 16.4. The van der Waals surface area contributed by atoms with Crippen molar-refractivity contribution in [3.8, 4) is 0 Å². The van der Waals surface area contributed by atoms with Crippen molar-refractivity contribution in [1.82, 2.24) is 10.2 Å². The Bertz CT molecular complexity index is 1050.